The van der Waals surface area contributed by atoms with Crippen LogP contribution in [0.4, 0.5) is 0 Å². The van der Waals surface area contributed by atoms with E-state index in [2.05, 4.69) is 44.3 Å². The first-order valence-corrected chi connectivity index (χ1v) is 7.07. The van der Waals surface area contributed by atoms with Gasteiger partial charge in [-0.1, -0.05) is 32.9 Å². The molecule has 3 nitrogen and oxygen atoms in total. The van der Waals surface area contributed by atoms with Crippen LogP contribution in [0, 0.1) is 5.41 Å². The van der Waals surface area contributed by atoms with Crippen molar-refractivity contribution in [1.82, 2.24) is 5.32 Å². The van der Waals surface area contributed by atoms with Gasteiger partial charge in [0.15, 0.2) is 0 Å². The summed E-state index contributed by atoms with van der Waals surface area (Å²) in [4.78, 5) is 0. The van der Waals surface area contributed by atoms with E-state index in [1.54, 1.807) is 0 Å². The summed E-state index contributed by atoms with van der Waals surface area (Å²) in [5.74, 6) is 1.03. The molecule has 2 N–H and O–H groups in total. The Morgan fingerprint density at radius 1 is 1.37 bits per heavy atom. The molecule has 3 heteroatoms. The van der Waals surface area contributed by atoms with E-state index in [0.29, 0.717) is 0 Å². The van der Waals surface area contributed by atoms with Gasteiger partial charge in [0.25, 0.3) is 0 Å². The Balaban J connectivity index is 1.90. The highest BCUT2D eigenvalue weighted by atomic mass is 16.5. The van der Waals surface area contributed by atoms with E-state index in [4.69, 9.17) is 4.74 Å². The monoisotopic (exact) mass is 263 g/mol. The molecule has 1 aliphatic rings. The highest BCUT2D eigenvalue weighted by molar-refractivity contribution is 5.39. The lowest BCUT2D eigenvalue weighted by atomic mass is 9.88. The molecule has 0 aromatic heterocycles. The third kappa shape index (κ3) is 4.22. The minimum Gasteiger partial charge on any atom is -0.493 e. The Kier molecular flexibility index (Phi) is 4.48. The van der Waals surface area contributed by atoms with E-state index in [0.717, 1.165) is 31.7 Å². The number of hydrogen-bond donors (Lipinski definition) is 2. The highest BCUT2D eigenvalue weighted by Crippen LogP contribution is 2.26. The second-order valence-electron chi connectivity index (χ2n) is 6.57. The molecule has 0 spiro atoms. The highest BCUT2D eigenvalue weighted by Gasteiger charge is 2.18. The van der Waals surface area contributed by atoms with Crippen LogP contribution in [-0.2, 0) is 13.0 Å². The van der Waals surface area contributed by atoms with Crippen LogP contribution in [0.1, 0.15) is 38.3 Å². The first kappa shape index (κ1) is 14.4. The van der Waals surface area contributed by atoms with E-state index >= 15 is 0 Å². The Morgan fingerprint density at radius 2 is 2.16 bits per heavy atom. The van der Waals surface area contributed by atoms with Gasteiger partial charge in [-0.15, -0.1) is 0 Å². The molecule has 1 aromatic carbocycles. The van der Waals surface area contributed by atoms with Crippen molar-refractivity contribution in [3.05, 3.63) is 29.3 Å². The van der Waals surface area contributed by atoms with Crippen LogP contribution in [0.25, 0.3) is 0 Å². The van der Waals surface area contributed by atoms with Gasteiger partial charge in [0.1, 0.15) is 5.75 Å². The number of rotatable bonds is 5. The molecule has 1 aromatic rings. The van der Waals surface area contributed by atoms with Crippen molar-refractivity contribution in [2.75, 3.05) is 13.2 Å². The molecular formula is C16H25NO2. The van der Waals surface area contributed by atoms with Crippen molar-refractivity contribution in [3.63, 3.8) is 0 Å². The lowest BCUT2D eigenvalue weighted by molar-refractivity contribution is 0.198. The lowest BCUT2D eigenvalue weighted by Crippen LogP contribution is -2.35. The minimum absolute atomic E-state index is 0.157. The maximum atomic E-state index is 9.44. The fraction of sp³-hybridized carbons (Fsp3) is 0.625. The van der Waals surface area contributed by atoms with Crippen molar-refractivity contribution in [2.45, 2.75) is 46.2 Å². The van der Waals surface area contributed by atoms with Gasteiger partial charge in [-0.25, -0.2) is 0 Å². The number of benzene rings is 1. The molecule has 19 heavy (non-hydrogen) atoms. The summed E-state index contributed by atoms with van der Waals surface area (Å²) in [5, 5.41) is 12.9. The fourth-order valence-corrected chi connectivity index (χ4v) is 2.55. The van der Waals surface area contributed by atoms with Gasteiger partial charge in [0.2, 0.25) is 0 Å². The van der Waals surface area contributed by atoms with E-state index < -0.39 is 0 Å². The summed E-state index contributed by atoms with van der Waals surface area (Å²) in [6, 6.07) is 6.52. The van der Waals surface area contributed by atoms with Gasteiger partial charge < -0.3 is 15.2 Å². The first-order chi connectivity index (χ1) is 8.98. The molecule has 2 rings (SSSR count). The van der Waals surface area contributed by atoms with Crippen LogP contribution in [0.5, 0.6) is 5.75 Å². The van der Waals surface area contributed by atoms with Crippen LogP contribution >= 0.6 is 0 Å². The quantitative estimate of drug-likeness (QED) is 0.857. The summed E-state index contributed by atoms with van der Waals surface area (Å²) in [6.07, 6.45) is 1.98. The van der Waals surface area contributed by atoms with Crippen molar-refractivity contribution >= 4 is 0 Å². The Labute approximate surface area is 116 Å². The van der Waals surface area contributed by atoms with Gasteiger partial charge in [0, 0.05) is 19.0 Å². The molecule has 0 radical (unpaired) electrons. The summed E-state index contributed by atoms with van der Waals surface area (Å²) < 4.78 is 5.51. The van der Waals surface area contributed by atoms with Crippen molar-refractivity contribution in [3.8, 4) is 5.75 Å². The number of ether oxygens (including phenoxy) is 1. The number of fused-ring (bicyclic) bond motifs is 1. The number of aliphatic hydroxyl groups is 1. The second-order valence-corrected chi connectivity index (χ2v) is 6.57. The Hall–Kier alpha value is -1.06. The molecule has 0 bridgehead atoms. The Morgan fingerprint density at radius 3 is 2.84 bits per heavy atom. The third-order valence-electron chi connectivity index (χ3n) is 3.43. The minimum atomic E-state index is 0.157. The molecule has 0 aliphatic carbocycles. The van der Waals surface area contributed by atoms with Crippen LogP contribution < -0.4 is 10.1 Å². The predicted octanol–water partition coefficient (Wildman–Crippen LogP) is 2.51. The van der Waals surface area contributed by atoms with Crippen molar-refractivity contribution < 1.29 is 9.84 Å². The Bertz CT molecular complexity index is 423. The molecule has 0 saturated carbocycles. The zero-order valence-corrected chi connectivity index (χ0v) is 12.2. The maximum absolute atomic E-state index is 9.44. The molecule has 1 heterocycles. The zero-order valence-electron chi connectivity index (χ0n) is 12.2. The summed E-state index contributed by atoms with van der Waals surface area (Å²) in [6.45, 7) is 8.38. The smallest absolute Gasteiger partial charge is 0.122 e. The first-order valence-electron chi connectivity index (χ1n) is 7.07. The van der Waals surface area contributed by atoms with E-state index in [1.807, 2.05) is 0 Å². The van der Waals surface area contributed by atoms with E-state index in [1.165, 1.54) is 11.1 Å². The van der Waals surface area contributed by atoms with Gasteiger partial charge >= 0.3 is 0 Å². The van der Waals surface area contributed by atoms with Crippen LogP contribution in [0.15, 0.2) is 18.2 Å². The van der Waals surface area contributed by atoms with Crippen LogP contribution in [0.2, 0.25) is 0 Å². The third-order valence-corrected chi connectivity index (χ3v) is 3.43. The number of hydrogen-bond acceptors (Lipinski definition) is 3. The molecule has 0 amide bonds. The van der Waals surface area contributed by atoms with Gasteiger partial charge in [0.05, 0.1) is 13.2 Å². The molecular weight excluding hydrogens is 238 g/mol. The SMILES string of the molecule is CC(C)(C)CC(CO)NCc1ccc2c(c1)CCO2. The van der Waals surface area contributed by atoms with E-state index in [-0.39, 0.29) is 18.1 Å². The zero-order chi connectivity index (χ0) is 13.9. The molecule has 0 fully saturated rings. The van der Waals surface area contributed by atoms with Gasteiger partial charge in [-0.05, 0) is 29.0 Å². The topological polar surface area (TPSA) is 41.5 Å². The van der Waals surface area contributed by atoms with Crippen molar-refractivity contribution in [1.29, 1.82) is 0 Å². The molecule has 1 atom stereocenters. The molecule has 1 aliphatic heterocycles. The summed E-state index contributed by atoms with van der Waals surface area (Å²) in [7, 11) is 0. The van der Waals surface area contributed by atoms with Gasteiger partial charge in [-0.2, -0.15) is 0 Å². The van der Waals surface area contributed by atoms with E-state index in [9.17, 15) is 5.11 Å². The predicted molar refractivity (Wildman–Crippen MR) is 77.4 cm³/mol. The largest absolute Gasteiger partial charge is 0.493 e. The average Bonchev–Trinajstić information content (AvgIpc) is 2.80. The number of aliphatic hydroxyl groups excluding tert-OH is 1. The average molecular weight is 263 g/mol. The van der Waals surface area contributed by atoms with Gasteiger partial charge in [-0.3, -0.25) is 0 Å². The summed E-state index contributed by atoms with van der Waals surface area (Å²) >= 11 is 0. The fourth-order valence-electron chi connectivity index (χ4n) is 2.55. The van der Waals surface area contributed by atoms with Crippen molar-refractivity contribution in [2.24, 2.45) is 5.41 Å². The maximum Gasteiger partial charge on any atom is 0.122 e. The molecule has 1 unspecified atom stereocenters. The number of nitrogens with one attached hydrogen (secondary N) is 1. The van der Waals surface area contributed by atoms with Crippen LogP contribution in [-0.4, -0.2) is 24.4 Å². The second kappa shape index (κ2) is 5.93. The molecule has 106 valence electrons. The normalized spacial score (nSPS) is 16.0. The molecule has 0 saturated heterocycles. The standard InChI is InChI=1S/C16H25NO2/c1-16(2,3)9-14(11-18)17-10-12-4-5-15-13(8-12)6-7-19-15/h4-5,8,14,17-18H,6-7,9-11H2,1-3H3. The van der Waals surface area contributed by atoms with Crippen LogP contribution in [0.3, 0.4) is 0 Å². The summed E-state index contributed by atoms with van der Waals surface area (Å²) in [5.41, 5.74) is 2.79. The lowest BCUT2D eigenvalue weighted by Gasteiger charge is -2.25.